The van der Waals surface area contributed by atoms with Crippen LogP contribution in [0.5, 0.6) is 0 Å². The molecule has 0 saturated carbocycles. The van der Waals surface area contributed by atoms with Crippen LogP contribution in [0.1, 0.15) is 23.1 Å². The second-order valence-corrected chi connectivity index (χ2v) is 7.16. The Balaban J connectivity index is 1.70. The van der Waals surface area contributed by atoms with E-state index in [9.17, 15) is 0 Å². The predicted molar refractivity (Wildman–Crippen MR) is 112 cm³/mol. The number of aromatic nitrogens is 1. The summed E-state index contributed by atoms with van der Waals surface area (Å²) in [6, 6.07) is 16.4. The third kappa shape index (κ3) is 4.20. The van der Waals surface area contributed by atoms with Gasteiger partial charge in [0, 0.05) is 18.3 Å². The molecule has 0 aliphatic heterocycles. The Bertz CT molecular complexity index is 892. The lowest BCUT2D eigenvalue weighted by Crippen LogP contribution is -2.04. The van der Waals surface area contributed by atoms with Gasteiger partial charge in [0.25, 0.3) is 0 Å². The van der Waals surface area contributed by atoms with E-state index in [1.807, 2.05) is 24.3 Å². The molecule has 0 spiro atoms. The molecule has 0 fully saturated rings. The average molecular weight is 385 g/mol. The van der Waals surface area contributed by atoms with Crippen LogP contribution in [-0.4, -0.2) is 11.5 Å². The number of hydrogen-bond donors (Lipinski definition) is 1. The number of aryl methyl sites for hydroxylation is 2. The summed E-state index contributed by atoms with van der Waals surface area (Å²) in [4.78, 5) is 4.49. The summed E-state index contributed by atoms with van der Waals surface area (Å²) in [5.74, 6) is 0. The van der Waals surface area contributed by atoms with Gasteiger partial charge < -0.3 is 5.32 Å². The zero-order valence-corrected chi connectivity index (χ0v) is 16.5. The average Bonchev–Trinajstić information content (AvgIpc) is 2.66. The molecule has 1 N–H and O–H groups in total. The molecule has 4 heteroatoms. The maximum Gasteiger partial charge on any atom is 0.0830 e. The Labute approximate surface area is 165 Å². The van der Waals surface area contributed by atoms with E-state index in [4.69, 9.17) is 23.2 Å². The van der Waals surface area contributed by atoms with E-state index in [1.165, 1.54) is 11.1 Å². The van der Waals surface area contributed by atoms with Crippen molar-refractivity contribution in [2.24, 2.45) is 0 Å². The molecule has 0 unspecified atom stereocenters. The first-order valence-electron chi connectivity index (χ1n) is 8.76. The molecule has 0 amide bonds. The van der Waals surface area contributed by atoms with Gasteiger partial charge in [0.1, 0.15) is 0 Å². The molecule has 3 rings (SSSR count). The Morgan fingerprint density at radius 3 is 2.46 bits per heavy atom. The van der Waals surface area contributed by atoms with Crippen LogP contribution in [0.3, 0.4) is 0 Å². The maximum absolute atomic E-state index is 6.55. The number of rotatable bonds is 6. The Hall–Kier alpha value is -2.03. The van der Waals surface area contributed by atoms with Gasteiger partial charge in [-0.05, 0) is 61.6 Å². The summed E-state index contributed by atoms with van der Waals surface area (Å²) in [5, 5.41) is 4.48. The molecule has 0 bridgehead atoms. The summed E-state index contributed by atoms with van der Waals surface area (Å²) in [6.07, 6.45) is 3.86. The largest absolute Gasteiger partial charge is 0.384 e. The van der Waals surface area contributed by atoms with Crippen LogP contribution in [0.25, 0.3) is 11.3 Å². The van der Waals surface area contributed by atoms with Crippen molar-refractivity contribution < 1.29 is 0 Å². The molecular weight excluding hydrogens is 363 g/mol. The highest BCUT2D eigenvalue weighted by Crippen LogP contribution is 2.39. The minimum absolute atomic E-state index is 0.543. The van der Waals surface area contributed by atoms with Gasteiger partial charge in [-0.3, -0.25) is 4.98 Å². The summed E-state index contributed by atoms with van der Waals surface area (Å²) in [5.41, 5.74) is 6.26. The lowest BCUT2D eigenvalue weighted by Gasteiger charge is -2.14. The van der Waals surface area contributed by atoms with Gasteiger partial charge in [-0.15, -0.1) is 0 Å². The number of hydrogen-bond acceptors (Lipinski definition) is 2. The van der Waals surface area contributed by atoms with E-state index in [1.54, 1.807) is 6.20 Å². The van der Waals surface area contributed by atoms with Crippen molar-refractivity contribution in [2.75, 3.05) is 11.9 Å². The smallest absolute Gasteiger partial charge is 0.0830 e. The van der Waals surface area contributed by atoms with Gasteiger partial charge in [0.2, 0.25) is 0 Å². The number of benzene rings is 2. The van der Waals surface area contributed by atoms with Crippen LogP contribution in [0.2, 0.25) is 10.0 Å². The lowest BCUT2D eigenvalue weighted by molar-refractivity contribution is 0.863. The molecule has 0 saturated heterocycles. The highest BCUT2D eigenvalue weighted by atomic mass is 35.5. The van der Waals surface area contributed by atoms with Gasteiger partial charge in [0.05, 0.1) is 21.4 Å². The predicted octanol–water partition coefficient (Wildman–Crippen LogP) is 6.72. The van der Waals surface area contributed by atoms with Crippen molar-refractivity contribution in [3.8, 4) is 11.3 Å². The van der Waals surface area contributed by atoms with Gasteiger partial charge >= 0.3 is 0 Å². The van der Waals surface area contributed by atoms with E-state index in [0.717, 1.165) is 41.9 Å². The Morgan fingerprint density at radius 2 is 1.69 bits per heavy atom. The highest BCUT2D eigenvalue weighted by molar-refractivity contribution is 6.45. The van der Waals surface area contributed by atoms with Gasteiger partial charge in [-0.1, -0.05) is 53.5 Å². The van der Waals surface area contributed by atoms with E-state index < -0.39 is 0 Å². The van der Waals surface area contributed by atoms with E-state index in [2.05, 4.69) is 48.4 Å². The SMILES string of the molecule is Cc1ccnc(-c2ccc(NCCCc3ccccc3)c(Cl)c2Cl)c1C. The van der Waals surface area contributed by atoms with Crippen molar-refractivity contribution in [2.45, 2.75) is 26.7 Å². The monoisotopic (exact) mass is 384 g/mol. The molecule has 0 atom stereocenters. The van der Waals surface area contributed by atoms with Crippen LogP contribution < -0.4 is 5.32 Å². The topological polar surface area (TPSA) is 24.9 Å². The third-order valence-corrected chi connectivity index (χ3v) is 5.49. The fourth-order valence-corrected chi connectivity index (χ4v) is 3.42. The molecule has 0 aliphatic carbocycles. The second kappa shape index (κ2) is 8.57. The van der Waals surface area contributed by atoms with Gasteiger partial charge in [0.15, 0.2) is 0 Å². The zero-order valence-electron chi connectivity index (χ0n) is 15.0. The molecule has 134 valence electrons. The summed E-state index contributed by atoms with van der Waals surface area (Å²) in [7, 11) is 0. The molecule has 3 aromatic rings. The van der Waals surface area contributed by atoms with Gasteiger partial charge in [-0.2, -0.15) is 0 Å². The fourth-order valence-electron chi connectivity index (χ4n) is 2.93. The fraction of sp³-hybridized carbons (Fsp3) is 0.227. The lowest BCUT2D eigenvalue weighted by atomic mass is 10.0. The summed E-state index contributed by atoms with van der Waals surface area (Å²) in [6.45, 7) is 4.96. The number of pyridine rings is 1. The standard InChI is InChI=1S/C22H22Cl2N2/c1-15-12-14-26-22(16(15)2)18-10-11-19(21(24)20(18)23)25-13-6-9-17-7-4-3-5-8-17/h3-5,7-8,10-12,14,25H,6,9,13H2,1-2H3. The molecule has 1 heterocycles. The normalized spacial score (nSPS) is 10.8. The first-order valence-corrected chi connectivity index (χ1v) is 9.52. The Kier molecular flexibility index (Phi) is 6.18. The summed E-state index contributed by atoms with van der Waals surface area (Å²) >= 11 is 13.1. The molecule has 0 aliphatic rings. The van der Waals surface area contributed by atoms with Crippen LogP contribution in [-0.2, 0) is 6.42 Å². The van der Waals surface area contributed by atoms with Crippen LogP contribution >= 0.6 is 23.2 Å². The van der Waals surface area contributed by atoms with Crippen LogP contribution in [0.4, 0.5) is 5.69 Å². The number of nitrogens with zero attached hydrogens (tertiary/aromatic N) is 1. The highest BCUT2D eigenvalue weighted by Gasteiger charge is 2.14. The third-order valence-electron chi connectivity index (χ3n) is 4.61. The molecule has 1 aromatic heterocycles. The zero-order chi connectivity index (χ0) is 18.5. The number of nitrogens with one attached hydrogen (secondary N) is 1. The van der Waals surface area contributed by atoms with Crippen molar-refractivity contribution in [3.63, 3.8) is 0 Å². The van der Waals surface area contributed by atoms with Crippen molar-refractivity contribution in [3.05, 3.63) is 81.5 Å². The summed E-state index contributed by atoms with van der Waals surface area (Å²) < 4.78 is 0. The Morgan fingerprint density at radius 1 is 0.923 bits per heavy atom. The van der Waals surface area contributed by atoms with E-state index >= 15 is 0 Å². The van der Waals surface area contributed by atoms with Crippen molar-refractivity contribution in [1.29, 1.82) is 0 Å². The van der Waals surface area contributed by atoms with E-state index in [-0.39, 0.29) is 0 Å². The van der Waals surface area contributed by atoms with Crippen LogP contribution in [0.15, 0.2) is 54.7 Å². The number of anilines is 1. The number of halogens is 2. The second-order valence-electron chi connectivity index (χ2n) is 6.41. The first-order chi connectivity index (χ1) is 12.6. The molecule has 0 radical (unpaired) electrons. The maximum atomic E-state index is 6.55. The molecular formula is C22H22Cl2N2. The van der Waals surface area contributed by atoms with Gasteiger partial charge in [-0.25, -0.2) is 0 Å². The van der Waals surface area contributed by atoms with Crippen molar-refractivity contribution in [1.82, 2.24) is 4.98 Å². The molecule has 26 heavy (non-hydrogen) atoms. The van der Waals surface area contributed by atoms with E-state index in [0.29, 0.717) is 10.0 Å². The van der Waals surface area contributed by atoms with Crippen LogP contribution in [0, 0.1) is 13.8 Å². The minimum atomic E-state index is 0.543. The molecule has 2 nitrogen and oxygen atoms in total. The van der Waals surface area contributed by atoms with Crippen molar-refractivity contribution >= 4 is 28.9 Å². The quantitative estimate of drug-likeness (QED) is 0.477. The minimum Gasteiger partial charge on any atom is -0.384 e. The first kappa shape index (κ1) is 18.8. The molecule has 2 aromatic carbocycles.